The zero-order chi connectivity index (χ0) is 14.5. The summed E-state index contributed by atoms with van der Waals surface area (Å²) < 4.78 is 0.681. The summed E-state index contributed by atoms with van der Waals surface area (Å²) in [5.41, 5.74) is 8.20. The van der Waals surface area contributed by atoms with Crippen LogP contribution >= 0.6 is 27.5 Å². The molecular formula is C15H14BrClN2O. The van der Waals surface area contributed by atoms with Gasteiger partial charge in [-0.2, -0.15) is 0 Å². The highest BCUT2D eigenvalue weighted by atomic mass is 79.9. The fourth-order valence-electron chi connectivity index (χ4n) is 1.74. The van der Waals surface area contributed by atoms with Gasteiger partial charge in [0.1, 0.15) is 0 Å². The molecule has 0 aliphatic rings. The second-order valence-corrected chi connectivity index (χ2v) is 5.62. The van der Waals surface area contributed by atoms with Crippen LogP contribution in [0.5, 0.6) is 0 Å². The van der Waals surface area contributed by atoms with E-state index < -0.39 is 0 Å². The fourth-order valence-corrected chi connectivity index (χ4v) is 2.61. The highest BCUT2D eigenvalue weighted by molar-refractivity contribution is 9.10. The van der Waals surface area contributed by atoms with Crippen molar-refractivity contribution in [1.29, 1.82) is 0 Å². The van der Waals surface area contributed by atoms with E-state index in [2.05, 4.69) is 21.2 Å². The first-order chi connectivity index (χ1) is 9.60. The molecule has 0 aliphatic heterocycles. The van der Waals surface area contributed by atoms with Crippen LogP contribution in [-0.4, -0.2) is 5.91 Å². The Morgan fingerprint density at radius 2 is 1.80 bits per heavy atom. The van der Waals surface area contributed by atoms with Gasteiger partial charge in [0, 0.05) is 22.6 Å². The number of hydrogen-bond acceptors (Lipinski definition) is 2. The molecule has 0 saturated carbocycles. The molecule has 2 aromatic rings. The SMILES string of the molecule is NCc1ccc(CNC(=O)c2ccc(Cl)cc2Br)cc1. The van der Waals surface area contributed by atoms with Crippen molar-refractivity contribution in [3.63, 3.8) is 0 Å². The maximum absolute atomic E-state index is 12.1. The molecule has 2 rings (SSSR count). The molecule has 0 aromatic heterocycles. The number of rotatable bonds is 4. The molecule has 3 N–H and O–H groups in total. The van der Waals surface area contributed by atoms with Crippen LogP contribution in [0.15, 0.2) is 46.9 Å². The number of halogens is 2. The molecule has 20 heavy (non-hydrogen) atoms. The van der Waals surface area contributed by atoms with Crippen molar-refractivity contribution in [1.82, 2.24) is 5.32 Å². The molecule has 0 bridgehead atoms. The second kappa shape index (κ2) is 6.88. The molecule has 3 nitrogen and oxygen atoms in total. The van der Waals surface area contributed by atoms with Crippen LogP contribution < -0.4 is 11.1 Å². The maximum atomic E-state index is 12.1. The minimum absolute atomic E-state index is 0.142. The number of carbonyl (C=O) groups is 1. The van der Waals surface area contributed by atoms with Crippen molar-refractivity contribution in [3.05, 3.63) is 68.7 Å². The lowest BCUT2D eigenvalue weighted by Crippen LogP contribution is -2.23. The van der Waals surface area contributed by atoms with Gasteiger partial charge in [-0.25, -0.2) is 0 Å². The summed E-state index contributed by atoms with van der Waals surface area (Å²) in [7, 11) is 0. The minimum atomic E-state index is -0.142. The van der Waals surface area contributed by atoms with E-state index in [9.17, 15) is 4.79 Å². The molecule has 0 spiro atoms. The first-order valence-electron chi connectivity index (χ1n) is 6.11. The van der Waals surface area contributed by atoms with Crippen LogP contribution in [0.25, 0.3) is 0 Å². The predicted molar refractivity (Wildman–Crippen MR) is 84.7 cm³/mol. The number of amides is 1. The number of nitrogens with one attached hydrogen (secondary N) is 1. The van der Waals surface area contributed by atoms with Gasteiger partial charge in [0.25, 0.3) is 5.91 Å². The molecule has 0 aliphatic carbocycles. The summed E-state index contributed by atoms with van der Waals surface area (Å²) in [5.74, 6) is -0.142. The molecule has 104 valence electrons. The lowest BCUT2D eigenvalue weighted by molar-refractivity contribution is 0.0950. The van der Waals surface area contributed by atoms with Gasteiger partial charge in [-0.15, -0.1) is 0 Å². The first-order valence-corrected chi connectivity index (χ1v) is 7.28. The molecule has 0 atom stereocenters. The minimum Gasteiger partial charge on any atom is -0.348 e. The van der Waals surface area contributed by atoms with Gasteiger partial charge in [-0.3, -0.25) is 4.79 Å². The van der Waals surface area contributed by atoms with E-state index in [-0.39, 0.29) is 5.91 Å². The van der Waals surface area contributed by atoms with Crippen molar-refractivity contribution in [2.24, 2.45) is 5.73 Å². The summed E-state index contributed by atoms with van der Waals surface area (Å²) in [5, 5.41) is 3.46. The Hall–Kier alpha value is -1.36. The van der Waals surface area contributed by atoms with E-state index in [0.29, 0.717) is 28.1 Å². The standard InChI is InChI=1S/C15H14BrClN2O/c16-14-7-12(17)5-6-13(14)15(20)19-9-11-3-1-10(8-18)2-4-11/h1-7H,8-9,18H2,(H,19,20). The van der Waals surface area contributed by atoms with E-state index in [0.717, 1.165) is 11.1 Å². The van der Waals surface area contributed by atoms with E-state index in [1.54, 1.807) is 18.2 Å². The quantitative estimate of drug-likeness (QED) is 0.884. The Balaban J connectivity index is 2.00. The van der Waals surface area contributed by atoms with Crippen LogP contribution in [0.4, 0.5) is 0 Å². The third kappa shape index (κ3) is 3.82. The smallest absolute Gasteiger partial charge is 0.252 e. The van der Waals surface area contributed by atoms with Crippen molar-refractivity contribution in [3.8, 4) is 0 Å². The highest BCUT2D eigenvalue weighted by Crippen LogP contribution is 2.21. The Bertz CT molecular complexity index is 614. The third-order valence-corrected chi connectivity index (χ3v) is 3.78. The summed E-state index contributed by atoms with van der Waals surface area (Å²) >= 11 is 9.18. The summed E-state index contributed by atoms with van der Waals surface area (Å²) in [6.07, 6.45) is 0. The lowest BCUT2D eigenvalue weighted by Gasteiger charge is -2.08. The molecule has 2 aromatic carbocycles. The number of nitrogens with two attached hydrogens (primary N) is 1. The van der Waals surface area contributed by atoms with Gasteiger partial charge in [0.2, 0.25) is 0 Å². The largest absolute Gasteiger partial charge is 0.348 e. The Morgan fingerprint density at radius 3 is 2.40 bits per heavy atom. The van der Waals surface area contributed by atoms with Crippen LogP contribution in [-0.2, 0) is 13.1 Å². The van der Waals surface area contributed by atoms with Crippen LogP contribution in [0.3, 0.4) is 0 Å². The van der Waals surface area contributed by atoms with Crippen LogP contribution in [0, 0.1) is 0 Å². The van der Waals surface area contributed by atoms with Crippen molar-refractivity contribution in [2.45, 2.75) is 13.1 Å². The van der Waals surface area contributed by atoms with Crippen molar-refractivity contribution >= 4 is 33.4 Å². The average Bonchev–Trinajstić information content (AvgIpc) is 2.45. The van der Waals surface area contributed by atoms with Gasteiger partial charge in [-0.05, 0) is 45.3 Å². The lowest BCUT2D eigenvalue weighted by atomic mass is 10.1. The number of benzene rings is 2. The highest BCUT2D eigenvalue weighted by Gasteiger charge is 2.09. The Morgan fingerprint density at radius 1 is 1.15 bits per heavy atom. The average molecular weight is 354 g/mol. The van der Waals surface area contributed by atoms with Crippen molar-refractivity contribution in [2.75, 3.05) is 0 Å². The predicted octanol–water partition coefficient (Wildman–Crippen LogP) is 3.49. The van der Waals surface area contributed by atoms with Gasteiger partial charge in [0.15, 0.2) is 0 Å². The normalized spacial score (nSPS) is 10.3. The summed E-state index contributed by atoms with van der Waals surface area (Å²) in [6, 6.07) is 12.9. The van der Waals surface area contributed by atoms with Gasteiger partial charge < -0.3 is 11.1 Å². The molecular weight excluding hydrogens is 340 g/mol. The zero-order valence-corrected chi connectivity index (χ0v) is 13.0. The van der Waals surface area contributed by atoms with E-state index >= 15 is 0 Å². The Kier molecular flexibility index (Phi) is 5.17. The monoisotopic (exact) mass is 352 g/mol. The molecule has 1 amide bonds. The zero-order valence-electron chi connectivity index (χ0n) is 10.7. The summed E-state index contributed by atoms with van der Waals surface area (Å²) in [6.45, 7) is 0.989. The van der Waals surface area contributed by atoms with Crippen LogP contribution in [0.2, 0.25) is 5.02 Å². The molecule has 0 heterocycles. The Labute approximate surface area is 131 Å². The van der Waals surface area contributed by atoms with Crippen LogP contribution in [0.1, 0.15) is 21.5 Å². The van der Waals surface area contributed by atoms with Crippen molar-refractivity contribution < 1.29 is 4.79 Å². The topological polar surface area (TPSA) is 55.1 Å². The molecule has 0 fully saturated rings. The first kappa shape index (κ1) is 15.0. The van der Waals surface area contributed by atoms with E-state index in [1.807, 2.05) is 24.3 Å². The summed E-state index contributed by atoms with van der Waals surface area (Å²) in [4.78, 5) is 12.1. The molecule has 0 saturated heterocycles. The third-order valence-electron chi connectivity index (χ3n) is 2.89. The second-order valence-electron chi connectivity index (χ2n) is 4.33. The van der Waals surface area contributed by atoms with E-state index in [4.69, 9.17) is 17.3 Å². The van der Waals surface area contributed by atoms with Gasteiger partial charge >= 0.3 is 0 Å². The molecule has 0 unspecified atom stereocenters. The number of hydrogen-bond donors (Lipinski definition) is 2. The van der Waals surface area contributed by atoms with Gasteiger partial charge in [0.05, 0.1) is 5.56 Å². The van der Waals surface area contributed by atoms with Gasteiger partial charge in [-0.1, -0.05) is 35.9 Å². The van der Waals surface area contributed by atoms with E-state index in [1.165, 1.54) is 0 Å². The molecule has 0 radical (unpaired) electrons. The maximum Gasteiger partial charge on any atom is 0.252 e. The number of carbonyl (C=O) groups excluding carboxylic acids is 1. The molecule has 5 heteroatoms. The fraction of sp³-hybridized carbons (Fsp3) is 0.133.